The number of aromatic nitrogens is 4. The number of anilines is 3. The Balaban J connectivity index is 1.56. The standard InChI is InChI=1S/C18H15ClF4N6/c19-12-8-24-17(26-15(18(21,22)23)10-3-5-11(20)6-4-10)27-16(12)25-14-7-13(28-29-14)9-1-2-9/h3-9,15H,1-2H2,(H3,24,25,26,27,28,29)/t15-/m0/s1. The summed E-state index contributed by atoms with van der Waals surface area (Å²) in [6, 6.07) is 3.71. The Kier molecular flexibility index (Phi) is 5.03. The van der Waals surface area contributed by atoms with Crippen molar-refractivity contribution >= 4 is 29.2 Å². The summed E-state index contributed by atoms with van der Waals surface area (Å²) in [5.41, 5.74) is 0.804. The van der Waals surface area contributed by atoms with Crippen molar-refractivity contribution in [3.63, 3.8) is 0 Å². The van der Waals surface area contributed by atoms with Crippen LogP contribution in [0.5, 0.6) is 0 Å². The summed E-state index contributed by atoms with van der Waals surface area (Å²) in [5, 5.41) is 12.3. The smallest absolute Gasteiger partial charge is 0.339 e. The summed E-state index contributed by atoms with van der Waals surface area (Å²) in [7, 11) is 0. The summed E-state index contributed by atoms with van der Waals surface area (Å²) in [4.78, 5) is 7.86. The molecule has 0 amide bonds. The molecule has 1 aromatic carbocycles. The van der Waals surface area contributed by atoms with E-state index in [1.54, 1.807) is 6.07 Å². The molecule has 1 atom stereocenters. The van der Waals surface area contributed by atoms with Crippen molar-refractivity contribution in [3.05, 3.63) is 58.6 Å². The van der Waals surface area contributed by atoms with Gasteiger partial charge >= 0.3 is 6.18 Å². The molecule has 152 valence electrons. The van der Waals surface area contributed by atoms with E-state index in [0.29, 0.717) is 11.7 Å². The highest BCUT2D eigenvalue weighted by atomic mass is 35.5. The molecule has 4 rings (SSSR count). The van der Waals surface area contributed by atoms with E-state index >= 15 is 0 Å². The van der Waals surface area contributed by atoms with Gasteiger partial charge in [-0.1, -0.05) is 23.7 Å². The van der Waals surface area contributed by atoms with Gasteiger partial charge in [-0.25, -0.2) is 9.37 Å². The number of nitrogens with one attached hydrogen (secondary N) is 3. The number of benzene rings is 1. The van der Waals surface area contributed by atoms with Crippen LogP contribution in [-0.4, -0.2) is 26.3 Å². The third-order valence-corrected chi connectivity index (χ3v) is 4.69. The average molecular weight is 427 g/mol. The first-order valence-corrected chi connectivity index (χ1v) is 9.11. The number of hydrogen-bond donors (Lipinski definition) is 3. The normalized spacial score (nSPS) is 15.2. The molecule has 2 aromatic heterocycles. The summed E-state index contributed by atoms with van der Waals surface area (Å²) in [6.07, 6.45) is -1.29. The van der Waals surface area contributed by atoms with Crippen LogP contribution in [0, 0.1) is 5.82 Å². The molecule has 29 heavy (non-hydrogen) atoms. The molecule has 11 heteroatoms. The van der Waals surface area contributed by atoms with E-state index in [-0.39, 0.29) is 22.4 Å². The molecule has 1 aliphatic rings. The quantitative estimate of drug-likeness (QED) is 0.464. The highest BCUT2D eigenvalue weighted by Crippen LogP contribution is 2.40. The zero-order valence-corrected chi connectivity index (χ0v) is 15.5. The lowest BCUT2D eigenvalue weighted by Gasteiger charge is -2.22. The van der Waals surface area contributed by atoms with Crippen molar-refractivity contribution in [1.29, 1.82) is 0 Å². The van der Waals surface area contributed by atoms with Crippen molar-refractivity contribution in [2.45, 2.75) is 31.0 Å². The minimum absolute atomic E-state index is 0.109. The zero-order chi connectivity index (χ0) is 20.6. The molecule has 1 fully saturated rings. The SMILES string of the molecule is Fc1ccc([C@H](Nc2ncc(Cl)c(Nc3cc(C4CC4)[nH]n3)n2)C(F)(F)F)cc1. The molecule has 0 radical (unpaired) electrons. The van der Waals surface area contributed by atoms with Gasteiger partial charge in [0.25, 0.3) is 0 Å². The van der Waals surface area contributed by atoms with Gasteiger partial charge in [-0.3, -0.25) is 5.10 Å². The highest BCUT2D eigenvalue weighted by Gasteiger charge is 2.41. The van der Waals surface area contributed by atoms with Gasteiger partial charge in [-0.15, -0.1) is 0 Å². The first-order valence-electron chi connectivity index (χ1n) is 8.73. The third-order valence-electron chi connectivity index (χ3n) is 4.41. The molecule has 6 nitrogen and oxygen atoms in total. The van der Waals surface area contributed by atoms with Crippen LogP contribution in [0.25, 0.3) is 0 Å². The van der Waals surface area contributed by atoms with Crippen molar-refractivity contribution < 1.29 is 17.6 Å². The molecule has 1 aliphatic carbocycles. The first kappa shape index (κ1) is 19.4. The summed E-state index contributed by atoms with van der Waals surface area (Å²) in [6.45, 7) is 0. The number of rotatable bonds is 6. The molecule has 0 unspecified atom stereocenters. The van der Waals surface area contributed by atoms with Gasteiger partial charge in [0.05, 0.1) is 6.20 Å². The van der Waals surface area contributed by atoms with E-state index in [9.17, 15) is 17.6 Å². The molecular weight excluding hydrogens is 412 g/mol. The number of halogens is 5. The Morgan fingerprint density at radius 1 is 1.17 bits per heavy atom. The van der Waals surface area contributed by atoms with Crippen LogP contribution in [0.15, 0.2) is 36.5 Å². The van der Waals surface area contributed by atoms with Crippen LogP contribution in [0.1, 0.15) is 36.1 Å². The molecule has 0 bridgehead atoms. The molecule has 0 aliphatic heterocycles. The zero-order valence-electron chi connectivity index (χ0n) is 14.8. The number of alkyl halides is 3. The van der Waals surface area contributed by atoms with Gasteiger partial charge in [0.1, 0.15) is 10.8 Å². The van der Waals surface area contributed by atoms with Gasteiger partial charge in [0.2, 0.25) is 5.95 Å². The molecule has 0 spiro atoms. The molecule has 2 heterocycles. The summed E-state index contributed by atoms with van der Waals surface area (Å²) < 4.78 is 53.7. The van der Waals surface area contributed by atoms with E-state index < -0.39 is 18.0 Å². The maximum Gasteiger partial charge on any atom is 0.412 e. The van der Waals surface area contributed by atoms with Crippen LogP contribution < -0.4 is 10.6 Å². The minimum Gasteiger partial charge on any atom is -0.339 e. The predicted octanol–water partition coefficient (Wildman–Crippen LogP) is 5.33. The number of nitrogens with zero attached hydrogens (tertiary/aromatic N) is 3. The number of H-pyrrole nitrogens is 1. The van der Waals surface area contributed by atoms with Crippen LogP contribution in [0.4, 0.5) is 35.1 Å². The Morgan fingerprint density at radius 3 is 2.55 bits per heavy atom. The molecular formula is C18H15ClF4N6. The molecule has 3 aromatic rings. The summed E-state index contributed by atoms with van der Waals surface area (Å²) >= 11 is 6.07. The molecule has 0 saturated heterocycles. The van der Waals surface area contributed by atoms with Crippen LogP contribution in [-0.2, 0) is 0 Å². The summed E-state index contributed by atoms with van der Waals surface area (Å²) in [5.74, 6) is 0.0942. The molecule has 1 saturated carbocycles. The van der Waals surface area contributed by atoms with Gasteiger partial charge in [0.15, 0.2) is 17.7 Å². The Hall–Kier alpha value is -2.88. The fourth-order valence-electron chi connectivity index (χ4n) is 2.79. The van der Waals surface area contributed by atoms with Crippen LogP contribution in [0.2, 0.25) is 5.02 Å². The monoisotopic (exact) mass is 426 g/mol. The minimum atomic E-state index is -4.66. The topological polar surface area (TPSA) is 78.5 Å². The Bertz CT molecular complexity index is 1000. The maximum atomic E-state index is 13.5. The van der Waals surface area contributed by atoms with E-state index in [4.69, 9.17) is 11.6 Å². The lowest BCUT2D eigenvalue weighted by molar-refractivity contribution is -0.144. The number of hydrogen-bond acceptors (Lipinski definition) is 5. The second-order valence-corrected chi connectivity index (χ2v) is 7.08. The largest absolute Gasteiger partial charge is 0.412 e. The fraction of sp³-hybridized carbons (Fsp3) is 0.278. The van der Waals surface area contributed by atoms with Crippen LogP contribution in [0.3, 0.4) is 0 Å². The second kappa shape index (κ2) is 7.51. The Labute approximate surface area is 167 Å². The van der Waals surface area contributed by atoms with Crippen molar-refractivity contribution in [1.82, 2.24) is 20.2 Å². The second-order valence-electron chi connectivity index (χ2n) is 6.67. The Morgan fingerprint density at radius 2 is 1.90 bits per heavy atom. The van der Waals surface area contributed by atoms with Gasteiger partial charge in [-0.2, -0.15) is 23.3 Å². The lowest BCUT2D eigenvalue weighted by Crippen LogP contribution is -2.28. The van der Waals surface area contributed by atoms with Crippen molar-refractivity contribution in [2.75, 3.05) is 10.6 Å². The van der Waals surface area contributed by atoms with Crippen molar-refractivity contribution in [2.24, 2.45) is 0 Å². The number of aromatic amines is 1. The molecule has 3 N–H and O–H groups in total. The first-order chi connectivity index (χ1) is 13.8. The lowest BCUT2D eigenvalue weighted by atomic mass is 10.1. The van der Waals surface area contributed by atoms with Gasteiger partial charge in [0, 0.05) is 17.7 Å². The van der Waals surface area contributed by atoms with Crippen LogP contribution >= 0.6 is 11.6 Å². The third kappa shape index (κ3) is 4.58. The van der Waals surface area contributed by atoms with E-state index in [2.05, 4.69) is 30.8 Å². The van der Waals surface area contributed by atoms with E-state index in [0.717, 1.165) is 42.8 Å². The average Bonchev–Trinajstić information content (AvgIpc) is 3.42. The maximum absolute atomic E-state index is 13.5. The van der Waals surface area contributed by atoms with E-state index in [1.807, 2.05) is 0 Å². The highest BCUT2D eigenvalue weighted by molar-refractivity contribution is 6.32. The van der Waals surface area contributed by atoms with Gasteiger partial charge < -0.3 is 10.6 Å². The van der Waals surface area contributed by atoms with E-state index in [1.165, 1.54) is 6.20 Å². The van der Waals surface area contributed by atoms with Gasteiger partial charge in [-0.05, 0) is 30.5 Å². The fourth-order valence-corrected chi connectivity index (χ4v) is 2.93. The van der Waals surface area contributed by atoms with Crippen molar-refractivity contribution in [3.8, 4) is 0 Å². The predicted molar refractivity (Wildman–Crippen MR) is 99.7 cm³/mol.